The molecule has 4 rings (SSSR count). The molecule has 0 saturated heterocycles. The second kappa shape index (κ2) is 13.3. The van der Waals surface area contributed by atoms with Crippen molar-refractivity contribution in [3.8, 4) is 0 Å². The largest absolute Gasteiger partial charge is 0.370 e. The van der Waals surface area contributed by atoms with Crippen molar-refractivity contribution < 1.29 is 34.6 Å². The first kappa shape index (κ1) is 34.7. The number of nitrogens with one attached hydrogen (secondary N) is 2. The van der Waals surface area contributed by atoms with Crippen LogP contribution in [0.5, 0.6) is 0 Å². The molecule has 3 aromatic carbocycles. The number of carbonyl (C=O) groups is 1. The number of benzene rings is 3. The van der Waals surface area contributed by atoms with E-state index in [9.17, 15) is 34.6 Å². The third-order valence-corrected chi connectivity index (χ3v) is 10.5. The summed E-state index contributed by atoms with van der Waals surface area (Å²) < 4.78 is 86.2. The van der Waals surface area contributed by atoms with Crippen LogP contribution in [0.3, 0.4) is 0 Å². The van der Waals surface area contributed by atoms with Gasteiger partial charge in [-0.2, -0.15) is 8.42 Å². The van der Waals surface area contributed by atoms with E-state index in [0.717, 1.165) is 22.3 Å². The number of rotatable bonds is 11. The Balaban J connectivity index is 1.81. The molecule has 0 spiro atoms. The van der Waals surface area contributed by atoms with Crippen molar-refractivity contribution in [2.24, 2.45) is 9.98 Å². The van der Waals surface area contributed by atoms with Crippen LogP contribution in [0.4, 0.5) is 22.7 Å². The Morgan fingerprint density at radius 3 is 2.35 bits per heavy atom. The van der Waals surface area contributed by atoms with Gasteiger partial charge in [-0.15, -0.1) is 0 Å². The van der Waals surface area contributed by atoms with Gasteiger partial charge in [0.1, 0.15) is 4.90 Å². The van der Waals surface area contributed by atoms with Gasteiger partial charge >= 0.3 is 0 Å². The van der Waals surface area contributed by atoms with Gasteiger partial charge in [-0.1, -0.05) is 18.2 Å². The minimum atomic E-state index is -4.59. The Kier molecular flexibility index (Phi) is 10.0. The van der Waals surface area contributed by atoms with Crippen molar-refractivity contribution in [2.75, 3.05) is 43.2 Å². The van der Waals surface area contributed by atoms with Gasteiger partial charge in [0.2, 0.25) is 10.0 Å². The number of carbonyl (C=O) groups excluding carboxylic acids is 1. The third kappa shape index (κ3) is 7.79. The fourth-order valence-electron chi connectivity index (χ4n) is 4.61. The van der Waals surface area contributed by atoms with Gasteiger partial charge < -0.3 is 10.2 Å². The van der Waals surface area contributed by atoms with Gasteiger partial charge in [-0.3, -0.25) is 13.7 Å². The van der Waals surface area contributed by atoms with Gasteiger partial charge in [0, 0.05) is 38.1 Å². The molecule has 17 heteroatoms. The summed E-state index contributed by atoms with van der Waals surface area (Å²) in [6, 6.07) is 14.9. The van der Waals surface area contributed by atoms with Crippen LogP contribution < -0.4 is 14.9 Å². The third-order valence-electron chi connectivity index (χ3n) is 7.12. The molecule has 0 bridgehead atoms. The maximum atomic E-state index is 13.9. The van der Waals surface area contributed by atoms with E-state index >= 15 is 0 Å². The smallest absolute Gasteiger partial charge is 0.294 e. The molecule has 0 unspecified atom stereocenters. The highest BCUT2D eigenvalue weighted by molar-refractivity contribution is 7.90. The van der Waals surface area contributed by atoms with Crippen LogP contribution in [0.15, 0.2) is 80.4 Å². The molecule has 0 saturated carbocycles. The molecule has 1 heterocycles. The average molecular weight is 691 g/mol. The Morgan fingerprint density at radius 2 is 1.72 bits per heavy atom. The fourth-order valence-corrected chi connectivity index (χ4v) is 6.86. The van der Waals surface area contributed by atoms with E-state index in [-0.39, 0.29) is 34.4 Å². The highest BCUT2D eigenvalue weighted by Gasteiger charge is 2.36. The zero-order valence-electron chi connectivity index (χ0n) is 25.7. The lowest BCUT2D eigenvalue weighted by Gasteiger charge is -2.27. The lowest BCUT2D eigenvalue weighted by atomic mass is 10.1. The van der Waals surface area contributed by atoms with E-state index in [2.05, 4.69) is 20.0 Å². The van der Waals surface area contributed by atoms with E-state index in [1.54, 1.807) is 44.2 Å². The van der Waals surface area contributed by atoms with Crippen molar-refractivity contribution in [1.82, 2.24) is 9.03 Å². The topological polar surface area (TPSA) is 195 Å². The number of para-hydroxylation sites is 1. The Bertz CT molecular complexity index is 2080. The molecule has 246 valence electrons. The molecule has 0 fully saturated rings. The molecule has 1 aliphatic heterocycles. The predicted molar refractivity (Wildman–Crippen MR) is 177 cm³/mol. The Hall–Kier alpha value is -4.16. The standard InChI is InChI=1S/C29H34N6O8S3/c1-6-35(16-15-30-44(5,37)38)21-12-14-23(20(3)17-21)31-27(28-32-24-9-7-8-10-26(24)45(39,40)34(28)4)29(36)33-25-18-22(46(41,42)43)13-11-19(25)2/h7-14,17-18,30H,6,15-16H2,1-5H3,(H,33,36)(H,41,42,43). The second-order valence-corrected chi connectivity index (χ2v) is 15.7. The highest BCUT2D eigenvalue weighted by Crippen LogP contribution is 2.33. The maximum absolute atomic E-state index is 13.9. The molecule has 0 atom stereocenters. The second-order valence-electron chi connectivity index (χ2n) is 10.5. The first-order valence-electron chi connectivity index (χ1n) is 13.9. The quantitative estimate of drug-likeness (QED) is 0.200. The number of sulfonamides is 2. The van der Waals surface area contributed by atoms with E-state index < -0.39 is 41.0 Å². The van der Waals surface area contributed by atoms with E-state index in [4.69, 9.17) is 0 Å². The zero-order chi connectivity index (χ0) is 34.0. The number of amides is 1. The molecule has 3 aromatic rings. The predicted octanol–water partition coefficient (Wildman–Crippen LogP) is 3.00. The summed E-state index contributed by atoms with van der Waals surface area (Å²) in [5.74, 6) is -1.16. The van der Waals surface area contributed by atoms with E-state index in [1.807, 2.05) is 11.8 Å². The number of likely N-dealkylation sites (N-methyl/N-ethyl adjacent to an activating group) is 1. The highest BCUT2D eigenvalue weighted by atomic mass is 32.2. The molecule has 1 amide bonds. The number of amidine groups is 1. The number of nitrogens with zero attached hydrogens (tertiary/aromatic N) is 4. The fraction of sp³-hybridized carbons (Fsp3) is 0.276. The van der Waals surface area contributed by atoms with Gasteiger partial charge in [0.25, 0.3) is 26.0 Å². The van der Waals surface area contributed by atoms with Crippen LogP contribution in [0.25, 0.3) is 0 Å². The Labute approximate surface area is 268 Å². The molecule has 3 N–H and O–H groups in total. The van der Waals surface area contributed by atoms with E-state index in [0.29, 0.717) is 29.9 Å². The van der Waals surface area contributed by atoms with Gasteiger partial charge in [0.05, 0.1) is 22.5 Å². The molecule has 1 aliphatic rings. The van der Waals surface area contributed by atoms with Crippen molar-refractivity contribution in [3.63, 3.8) is 0 Å². The van der Waals surface area contributed by atoms with Gasteiger partial charge in [-0.25, -0.2) is 31.5 Å². The van der Waals surface area contributed by atoms with Crippen LogP contribution in [0, 0.1) is 13.8 Å². The minimum Gasteiger partial charge on any atom is -0.370 e. The lowest BCUT2D eigenvalue weighted by Crippen LogP contribution is -2.44. The van der Waals surface area contributed by atoms with Crippen LogP contribution >= 0.6 is 0 Å². The average Bonchev–Trinajstić information content (AvgIpc) is 2.97. The number of anilines is 2. The summed E-state index contributed by atoms with van der Waals surface area (Å²) in [6.07, 6.45) is 1.08. The van der Waals surface area contributed by atoms with Gasteiger partial charge in [-0.05, 0) is 74.4 Å². The monoisotopic (exact) mass is 690 g/mol. The summed E-state index contributed by atoms with van der Waals surface area (Å²) in [6.45, 7) is 6.43. The molecule has 0 aromatic heterocycles. The van der Waals surface area contributed by atoms with Crippen LogP contribution in [0.2, 0.25) is 0 Å². The zero-order valence-corrected chi connectivity index (χ0v) is 28.2. The molecule has 0 radical (unpaired) electrons. The molecular formula is C29H34N6O8S3. The molecule has 0 aliphatic carbocycles. The van der Waals surface area contributed by atoms with Crippen molar-refractivity contribution in [3.05, 3.63) is 71.8 Å². The van der Waals surface area contributed by atoms with Crippen LogP contribution in [-0.2, 0) is 35.0 Å². The molecular weight excluding hydrogens is 657 g/mol. The molecule has 14 nitrogen and oxygen atoms in total. The number of aliphatic imine (C=N–C) groups is 2. The minimum absolute atomic E-state index is 0.0449. The number of hydrogen-bond acceptors (Lipinski definition) is 10. The first-order valence-corrected chi connectivity index (χ1v) is 18.6. The van der Waals surface area contributed by atoms with E-state index in [1.165, 1.54) is 31.3 Å². The summed E-state index contributed by atoms with van der Waals surface area (Å²) in [7, 11) is -10.8. The summed E-state index contributed by atoms with van der Waals surface area (Å²) in [4.78, 5) is 24.4. The summed E-state index contributed by atoms with van der Waals surface area (Å²) in [5, 5.41) is 2.59. The summed E-state index contributed by atoms with van der Waals surface area (Å²) >= 11 is 0. The SMILES string of the molecule is CCN(CCNS(C)(=O)=O)c1ccc(N=C(C(=O)Nc2cc(S(=O)(=O)O)ccc2C)C2=Nc3ccccc3S(=O)(=O)N2C)c(C)c1. The van der Waals surface area contributed by atoms with Crippen molar-refractivity contribution in [1.29, 1.82) is 0 Å². The Morgan fingerprint density at radius 1 is 1.02 bits per heavy atom. The maximum Gasteiger partial charge on any atom is 0.294 e. The van der Waals surface area contributed by atoms with Crippen LogP contribution in [0.1, 0.15) is 18.1 Å². The lowest BCUT2D eigenvalue weighted by molar-refractivity contribution is -0.110. The van der Waals surface area contributed by atoms with Gasteiger partial charge in [0.15, 0.2) is 11.5 Å². The van der Waals surface area contributed by atoms with Crippen LogP contribution in [-0.4, -0.2) is 84.5 Å². The van der Waals surface area contributed by atoms with Crippen molar-refractivity contribution in [2.45, 2.75) is 30.6 Å². The number of hydrogen-bond donors (Lipinski definition) is 3. The first-order chi connectivity index (χ1) is 21.4. The molecule has 46 heavy (non-hydrogen) atoms. The number of aryl methyl sites for hydroxylation is 2. The summed E-state index contributed by atoms with van der Waals surface area (Å²) in [5.41, 5.74) is 1.93. The normalized spacial score (nSPS) is 14.8. The number of fused-ring (bicyclic) bond motifs is 1. The van der Waals surface area contributed by atoms with Crippen molar-refractivity contribution >= 4 is 70.4 Å².